The van der Waals surface area contributed by atoms with Crippen molar-refractivity contribution in [2.45, 2.75) is 13.0 Å². The lowest BCUT2D eigenvalue weighted by atomic mass is 10.1. The Hall–Kier alpha value is -3.02. The van der Waals surface area contributed by atoms with Gasteiger partial charge < -0.3 is 5.32 Å². The van der Waals surface area contributed by atoms with Crippen molar-refractivity contribution < 1.29 is 4.79 Å². The van der Waals surface area contributed by atoms with E-state index in [4.69, 9.17) is 4.98 Å². The fourth-order valence-electron chi connectivity index (χ4n) is 2.78. The van der Waals surface area contributed by atoms with E-state index in [1.54, 1.807) is 13.1 Å². The van der Waals surface area contributed by atoms with E-state index in [1.165, 1.54) is 0 Å². The van der Waals surface area contributed by atoms with Gasteiger partial charge in [0.2, 0.25) is 0 Å². The molecule has 6 heteroatoms. The smallest absolute Gasteiger partial charge is 0.271 e. The molecule has 0 radical (unpaired) electrons. The van der Waals surface area contributed by atoms with Gasteiger partial charge in [-0.1, -0.05) is 30.3 Å². The van der Waals surface area contributed by atoms with Crippen molar-refractivity contribution in [1.82, 2.24) is 25.1 Å². The molecule has 0 spiro atoms. The van der Waals surface area contributed by atoms with Crippen LogP contribution in [0.15, 0.2) is 42.6 Å². The van der Waals surface area contributed by atoms with Crippen molar-refractivity contribution in [1.29, 1.82) is 0 Å². The summed E-state index contributed by atoms with van der Waals surface area (Å²) in [6, 6.07) is 11.7. The van der Waals surface area contributed by atoms with Crippen LogP contribution in [0.4, 0.5) is 0 Å². The largest absolute Gasteiger partial charge is 0.354 e. The Bertz CT molecular complexity index is 885. The van der Waals surface area contributed by atoms with Crippen LogP contribution in [-0.2, 0) is 13.0 Å². The van der Waals surface area contributed by atoms with Gasteiger partial charge >= 0.3 is 0 Å². The number of nitrogens with zero attached hydrogens (tertiary/aromatic N) is 4. The molecule has 2 aromatic heterocycles. The highest BCUT2D eigenvalue weighted by Gasteiger charge is 2.22. The molecule has 0 bridgehead atoms. The highest BCUT2D eigenvalue weighted by Crippen LogP contribution is 2.29. The van der Waals surface area contributed by atoms with E-state index in [0.29, 0.717) is 11.5 Å². The zero-order valence-corrected chi connectivity index (χ0v) is 12.7. The summed E-state index contributed by atoms with van der Waals surface area (Å²) in [5.74, 6) is 0.492. The van der Waals surface area contributed by atoms with Crippen LogP contribution in [0.25, 0.3) is 22.8 Å². The van der Waals surface area contributed by atoms with E-state index in [-0.39, 0.29) is 5.91 Å². The Morgan fingerprint density at radius 3 is 2.87 bits per heavy atom. The van der Waals surface area contributed by atoms with Gasteiger partial charge in [0.1, 0.15) is 0 Å². The second kappa shape index (κ2) is 5.31. The Balaban J connectivity index is 1.83. The number of benzene rings is 1. The monoisotopic (exact) mass is 305 g/mol. The van der Waals surface area contributed by atoms with Crippen LogP contribution in [0.5, 0.6) is 0 Å². The van der Waals surface area contributed by atoms with Gasteiger partial charge in [0.15, 0.2) is 11.5 Å². The molecule has 23 heavy (non-hydrogen) atoms. The predicted octanol–water partition coefficient (Wildman–Crippen LogP) is 1.92. The number of hydrogen-bond donors (Lipinski definition) is 1. The van der Waals surface area contributed by atoms with Gasteiger partial charge in [0.25, 0.3) is 5.91 Å². The van der Waals surface area contributed by atoms with Gasteiger partial charge in [-0.2, -0.15) is 5.10 Å². The fraction of sp³-hybridized carbons (Fsp3) is 0.176. The number of carbonyl (C=O) groups excluding carboxylic acids is 1. The molecule has 1 amide bonds. The minimum atomic E-state index is -0.189. The van der Waals surface area contributed by atoms with Crippen molar-refractivity contribution in [2.24, 2.45) is 0 Å². The third-order valence-corrected chi connectivity index (χ3v) is 3.97. The summed E-state index contributed by atoms with van der Waals surface area (Å²) in [6.45, 7) is 0.730. The highest BCUT2D eigenvalue weighted by molar-refractivity contribution is 5.93. The van der Waals surface area contributed by atoms with E-state index in [0.717, 1.165) is 35.5 Å². The molecule has 0 saturated carbocycles. The van der Waals surface area contributed by atoms with Crippen LogP contribution in [0, 0.1) is 0 Å². The van der Waals surface area contributed by atoms with Crippen molar-refractivity contribution in [3.8, 4) is 22.8 Å². The van der Waals surface area contributed by atoms with Gasteiger partial charge in [0.05, 0.1) is 11.4 Å². The zero-order valence-electron chi connectivity index (χ0n) is 12.7. The van der Waals surface area contributed by atoms with Crippen molar-refractivity contribution in [3.63, 3.8) is 0 Å². The molecule has 1 aliphatic heterocycles. The minimum Gasteiger partial charge on any atom is -0.354 e. The topological polar surface area (TPSA) is 72.7 Å². The van der Waals surface area contributed by atoms with Crippen LogP contribution in [0.3, 0.4) is 0 Å². The SMILES string of the molecule is CNC(=O)c1cc2n(n1)CCc1cnc(-c3ccccc3)nc1-2. The maximum Gasteiger partial charge on any atom is 0.271 e. The average molecular weight is 305 g/mol. The Kier molecular flexibility index (Phi) is 3.15. The molecule has 6 nitrogen and oxygen atoms in total. The highest BCUT2D eigenvalue weighted by atomic mass is 16.1. The Morgan fingerprint density at radius 2 is 2.09 bits per heavy atom. The van der Waals surface area contributed by atoms with Crippen molar-refractivity contribution >= 4 is 5.91 Å². The summed E-state index contributed by atoms with van der Waals surface area (Å²) in [7, 11) is 1.60. The molecule has 0 saturated heterocycles. The molecule has 0 aliphatic carbocycles. The van der Waals surface area contributed by atoms with Crippen molar-refractivity contribution in [3.05, 3.63) is 53.9 Å². The lowest BCUT2D eigenvalue weighted by molar-refractivity contribution is 0.0957. The van der Waals surface area contributed by atoms with E-state index in [1.807, 2.05) is 41.2 Å². The van der Waals surface area contributed by atoms with E-state index in [9.17, 15) is 4.79 Å². The van der Waals surface area contributed by atoms with Gasteiger partial charge in [-0.15, -0.1) is 0 Å². The molecular formula is C17H15N5O. The summed E-state index contributed by atoms with van der Waals surface area (Å²) in [6.07, 6.45) is 2.69. The molecule has 1 N–H and O–H groups in total. The second-order valence-electron chi connectivity index (χ2n) is 5.40. The molecule has 1 aliphatic rings. The zero-order chi connectivity index (χ0) is 15.8. The number of fused-ring (bicyclic) bond motifs is 3. The number of hydrogen-bond acceptors (Lipinski definition) is 4. The van der Waals surface area contributed by atoms with Gasteiger partial charge in [-0.25, -0.2) is 9.97 Å². The molecular weight excluding hydrogens is 290 g/mol. The number of aromatic nitrogens is 4. The molecule has 3 aromatic rings. The first-order chi connectivity index (χ1) is 11.3. The third-order valence-electron chi connectivity index (χ3n) is 3.97. The normalized spacial score (nSPS) is 12.4. The molecule has 0 unspecified atom stereocenters. The quantitative estimate of drug-likeness (QED) is 0.785. The number of rotatable bonds is 2. The lowest BCUT2D eigenvalue weighted by Gasteiger charge is -2.17. The van der Waals surface area contributed by atoms with Crippen molar-refractivity contribution in [2.75, 3.05) is 7.05 Å². The van der Waals surface area contributed by atoms with E-state index >= 15 is 0 Å². The second-order valence-corrected chi connectivity index (χ2v) is 5.40. The summed E-state index contributed by atoms with van der Waals surface area (Å²) >= 11 is 0. The molecule has 114 valence electrons. The molecule has 0 fully saturated rings. The first-order valence-corrected chi connectivity index (χ1v) is 7.48. The summed E-state index contributed by atoms with van der Waals surface area (Å²) in [5, 5.41) is 6.97. The summed E-state index contributed by atoms with van der Waals surface area (Å²) in [5.41, 5.74) is 4.19. The number of carbonyl (C=O) groups is 1. The lowest BCUT2D eigenvalue weighted by Crippen LogP contribution is -2.19. The van der Waals surface area contributed by atoms with Crippen LogP contribution < -0.4 is 5.32 Å². The number of nitrogens with one attached hydrogen (secondary N) is 1. The maximum absolute atomic E-state index is 11.8. The van der Waals surface area contributed by atoms with Gasteiger partial charge in [-0.05, 0) is 12.5 Å². The number of aryl methyl sites for hydroxylation is 2. The maximum atomic E-state index is 11.8. The average Bonchev–Trinajstić information content (AvgIpc) is 3.06. The van der Waals surface area contributed by atoms with Crippen LogP contribution in [0.1, 0.15) is 16.1 Å². The van der Waals surface area contributed by atoms with Crippen LogP contribution in [0.2, 0.25) is 0 Å². The van der Waals surface area contributed by atoms with Gasteiger partial charge in [-0.3, -0.25) is 9.48 Å². The Morgan fingerprint density at radius 1 is 1.26 bits per heavy atom. The van der Waals surface area contributed by atoms with Crippen LogP contribution in [-0.4, -0.2) is 32.7 Å². The van der Waals surface area contributed by atoms with E-state index in [2.05, 4.69) is 15.4 Å². The first kappa shape index (κ1) is 13.6. The standard InChI is InChI=1S/C17H15N5O/c1-18-17(23)13-9-14-15-12(7-8-22(14)21-13)10-19-16(20-15)11-5-3-2-4-6-11/h2-6,9-10H,7-8H2,1H3,(H,18,23). The fourth-order valence-corrected chi connectivity index (χ4v) is 2.78. The molecule has 3 heterocycles. The summed E-state index contributed by atoms with van der Waals surface area (Å²) < 4.78 is 1.84. The first-order valence-electron chi connectivity index (χ1n) is 7.48. The van der Waals surface area contributed by atoms with Gasteiger partial charge in [0, 0.05) is 30.9 Å². The molecule has 0 atom stereocenters. The minimum absolute atomic E-state index is 0.189. The predicted molar refractivity (Wildman–Crippen MR) is 85.8 cm³/mol. The summed E-state index contributed by atoms with van der Waals surface area (Å²) in [4.78, 5) is 21.0. The molecule has 1 aromatic carbocycles. The van der Waals surface area contributed by atoms with Crippen LogP contribution >= 0.6 is 0 Å². The van der Waals surface area contributed by atoms with E-state index < -0.39 is 0 Å². The molecule has 4 rings (SSSR count). The third kappa shape index (κ3) is 2.28. The Labute approximate surface area is 133 Å². The number of amides is 1.